The van der Waals surface area contributed by atoms with Crippen LogP contribution in [-0.4, -0.2) is 18.8 Å². The number of hydrogen-bond acceptors (Lipinski definition) is 2. The SMILES string of the molecule is CCOC1CC(N[C@@H](C)c2cccc(C)c2)C12CCC2. The summed E-state index contributed by atoms with van der Waals surface area (Å²) in [4.78, 5) is 0. The molecule has 2 nitrogen and oxygen atoms in total. The zero-order chi connectivity index (χ0) is 14.2. The highest BCUT2D eigenvalue weighted by Crippen LogP contribution is 2.57. The Morgan fingerprint density at radius 2 is 2.20 bits per heavy atom. The third kappa shape index (κ3) is 2.29. The summed E-state index contributed by atoms with van der Waals surface area (Å²) in [6, 6.07) is 9.92. The average molecular weight is 273 g/mol. The van der Waals surface area contributed by atoms with E-state index in [0.29, 0.717) is 23.6 Å². The topological polar surface area (TPSA) is 21.3 Å². The lowest BCUT2D eigenvalue weighted by Crippen LogP contribution is -2.67. The quantitative estimate of drug-likeness (QED) is 0.875. The lowest BCUT2D eigenvalue weighted by molar-refractivity contribution is -0.174. The summed E-state index contributed by atoms with van der Waals surface area (Å²) < 4.78 is 5.93. The van der Waals surface area contributed by atoms with E-state index in [1.165, 1.54) is 36.8 Å². The van der Waals surface area contributed by atoms with Gasteiger partial charge in [-0.25, -0.2) is 0 Å². The van der Waals surface area contributed by atoms with Gasteiger partial charge in [0.1, 0.15) is 0 Å². The minimum Gasteiger partial charge on any atom is -0.378 e. The van der Waals surface area contributed by atoms with Gasteiger partial charge in [0, 0.05) is 24.1 Å². The van der Waals surface area contributed by atoms with E-state index in [1.807, 2.05) is 0 Å². The van der Waals surface area contributed by atoms with Gasteiger partial charge in [-0.2, -0.15) is 0 Å². The van der Waals surface area contributed by atoms with Crippen molar-refractivity contribution in [1.29, 1.82) is 0 Å². The largest absolute Gasteiger partial charge is 0.378 e. The van der Waals surface area contributed by atoms with Crippen LogP contribution in [0.25, 0.3) is 0 Å². The van der Waals surface area contributed by atoms with Crippen molar-refractivity contribution >= 4 is 0 Å². The lowest BCUT2D eigenvalue weighted by atomic mass is 9.51. The molecule has 0 saturated heterocycles. The molecule has 0 amide bonds. The van der Waals surface area contributed by atoms with Gasteiger partial charge in [0.05, 0.1) is 6.10 Å². The number of benzene rings is 1. The summed E-state index contributed by atoms with van der Waals surface area (Å²) >= 11 is 0. The molecule has 0 bridgehead atoms. The van der Waals surface area contributed by atoms with Crippen molar-refractivity contribution in [3.63, 3.8) is 0 Å². The van der Waals surface area contributed by atoms with E-state index in [1.54, 1.807) is 0 Å². The zero-order valence-corrected chi connectivity index (χ0v) is 13.0. The van der Waals surface area contributed by atoms with Crippen LogP contribution in [0, 0.1) is 12.3 Å². The van der Waals surface area contributed by atoms with Crippen LogP contribution in [0.1, 0.15) is 56.7 Å². The van der Waals surface area contributed by atoms with Gasteiger partial charge in [-0.1, -0.05) is 36.2 Å². The fourth-order valence-corrected chi connectivity index (χ4v) is 4.01. The zero-order valence-electron chi connectivity index (χ0n) is 13.0. The van der Waals surface area contributed by atoms with E-state index in [9.17, 15) is 0 Å². The highest BCUT2D eigenvalue weighted by molar-refractivity contribution is 5.25. The van der Waals surface area contributed by atoms with Crippen molar-refractivity contribution in [2.75, 3.05) is 6.61 Å². The molecular weight excluding hydrogens is 246 g/mol. The predicted molar refractivity (Wildman–Crippen MR) is 82.8 cm³/mol. The van der Waals surface area contributed by atoms with E-state index in [-0.39, 0.29) is 0 Å². The molecular formula is C18H27NO. The fraction of sp³-hybridized carbons (Fsp3) is 0.667. The molecule has 2 saturated carbocycles. The van der Waals surface area contributed by atoms with Gasteiger partial charge in [-0.05, 0) is 45.6 Å². The first kappa shape index (κ1) is 14.1. The Balaban J connectivity index is 1.64. The van der Waals surface area contributed by atoms with Crippen LogP contribution in [0.4, 0.5) is 0 Å². The minimum absolute atomic E-state index is 0.431. The van der Waals surface area contributed by atoms with Crippen molar-refractivity contribution in [1.82, 2.24) is 5.32 Å². The van der Waals surface area contributed by atoms with Gasteiger partial charge >= 0.3 is 0 Å². The van der Waals surface area contributed by atoms with Crippen LogP contribution in [0.15, 0.2) is 24.3 Å². The molecule has 2 unspecified atom stereocenters. The van der Waals surface area contributed by atoms with Crippen LogP contribution in [0.5, 0.6) is 0 Å². The molecule has 1 aromatic carbocycles. The first-order valence-electron chi connectivity index (χ1n) is 8.10. The van der Waals surface area contributed by atoms with E-state index in [4.69, 9.17) is 4.74 Å². The van der Waals surface area contributed by atoms with Crippen LogP contribution in [0.3, 0.4) is 0 Å². The number of hydrogen-bond donors (Lipinski definition) is 1. The van der Waals surface area contributed by atoms with Gasteiger partial charge in [-0.15, -0.1) is 0 Å². The molecule has 2 aliphatic rings. The van der Waals surface area contributed by atoms with Crippen LogP contribution in [0.2, 0.25) is 0 Å². The molecule has 20 heavy (non-hydrogen) atoms. The molecule has 1 N–H and O–H groups in total. The van der Waals surface area contributed by atoms with E-state index in [2.05, 4.69) is 50.4 Å². The lowest BCUT2D eigenvalue weighted by Gasteiger charge is -2.61. The molecule has 0 radical (unpaired) electrons. The fourth-order valence-electron chi connectivity index (χ4n) is 4.01. The van der Waals surface area contributed by atoms with Crippen molar-refractivity contribution in [3.8, 4) is 0 Å². The molecule has 2 aliphatic carbocycles. The second-order valence-electron chi connectivity index (χ2n) is 6.62. The summed E-state index contributed by atoms with van der Waals surface area (Å²) in [5.74, 6) is 0. The predicted octanol–water partition coefficient (Wildman–Crippen LogP) is 3.99. The van der Waals surface area contributed by atoms with Gasteiger partial charge in [0.25, 0.3) is 0 Å². The summed E-state index contributed by atoms with van der Waals surface area (Å²) in [6.45, 7) is 7.42. The molecule has 1 aromatic rings. The number of aryl methyl sites for hydroxylation is 1. The Bertz CT molecular complexity index is 466. The maximum absolute atomic E-state index is 5.93. The molecule has 3 rings (SSSR count). The Morgan fingerprint density at radius 1 is 1.40 bits per heavy atom. The Kier molecular flexibility index (Phi) is 3.87. The summed E-state index contributed by atoms with van der Waals surface area (Å²) in [5.41, 5.74) is 3.20. The van der Waals surface area contributed by atoms with Crippen LogP contribution in [-0.2, 0) is 4.74 Å². The van der Waals surface area contributed by atoms with Crippen molar-refractivity contribution in [2.45, 2.75) is 64.6 Å². The smallest absolute Gasteiger partial charge is 0.0661 e. The highest BCUT2D eigenvalue weighted by Gasteiger charge is 2.58. The van der Waals surface area contributed by atoms with Gasteiger partial charge in [0.2, 0.25) is 0 Å². The summed E-state index contributed by atoms with van der Waals surface area (Å²) in [7, 11) is 0. The molecule has 0 aromatic heterocycles. The molecule has 2 heteroatoms. The van der Waals surface area contributed by atoms with Gasteiger partial charge in [0.15, 0.2) is 0 Å². The third-order valence-corrected chi connectivity index (χ3v) is 5.43. The Hall–Kier alpha value is -0.860. The van der Waals surface area contributed by atoms with E-state index >= 15 is 0 Å². The molecule has 2 fully saturated rings. The Morgan fingerprint density at radius 3 is 2.80 bits per heavy atom. The van der Waals surface area contributed by atoms with Crippen LogP contribution >= 0.6 is 0 Å². The Labute approximate surface area is 122 Å². The second kappa shape index (κ2) is 5.50. The first-order chi connectivity index (χ1) is 9.65. The maximum Gasteiger partial charge on any atom is 0.0661 e. The molecule has 0 heterocycles. The average Bonchev–Trinajstić information content (AvgIpc) is 2.35. The van der Waals surface area contributed by atoms with Crippen LogP contribution < -0.4 is 5.32 Å². The van der Waals surface area contributed by atoms with Crippen molar-refractivity contribution < 1.29 is 4.74 Å². The molecule has 1 spiro atoms. The summed E-state index contributed by atoms with van der Waals surface area (Å²) in [5, 5.41) is 3.86. The van der Waals surface area contributed by atoms with Gasteiger partial charge < -0.3 is 10.1 Å². The minimum atomic E-state index is 0.431. The number of rotatable bonds is 5. The van der Waals surface area contributed by atoms with Crippen molar-refractivity contribution in [2.24, 2.45) is 5.41 Å². The molecule has 110 valence electrons. The van der Waals surface area contributed by atoms with E-state index < -0.39 is 0 Å². The first-order valence-corrected chi connectivity index (χ1v) is 8.10. The highest BCUT2D eigenvalue weighted by atomic mass is 16.5. The molecule has 0 aliphatic heterocycles. The van der Waals surface area contributed by atoms with E-state index in [0.717, 1.165) is 6.61 Å². The monoisotopic (exact) mass is 273 g/mol. The molecule has 3 atom stereocenters. The van der Waals surface area contributed by atoms with Crippen molar-refractivity contribution in [3.05, 3.63) is 35.4 Å². The second-order valence-corrected chi connectivity index (χ2v) is 6.62. The standard InChI is InChI=1S/C18H27NO/c1-4-20-17-12-16(18(17)9-6-10-18)19-14(3)15-8-5-7-13(2)11-15/h5,7-8,11,14,16-17,19H,4,6,9-10,12H2,1-3H3/t14-,16?,17?/m0/s1. The maximum atomic E-state index is 5.93. The number of nitrogens with one attached hydrogen (secondary N) is 1. The summed E-state index contributed by atoms with van der Waals surface area (Å²) in [6.07, 6.45) is 5.75. The normalized spacial score (nSPS) is 28.8. The number of ether oxygens (including phenoxy) is 1. The van der Waals surface area contributed by atoms with Gasteiger partial charge in [-0.3, -0.25) is 0 Å². The third-order valence-electron chi connectivity index (χ3n) is 5.43.